The Morgan fingerprint density at radius 2 is 2.20 bits per heavy atom. The summed E-state index contributed by atoms with van der Waals surface area (Å²) in [7, 11) is 0. The van der Waals surface area contributed by atoms with Crippen LogP contribution < -0.4 is 5.32 Å². The average Bonchev–Trinajstić information content (AvgIpc) is 2.08. The van der Waals surface area contributed by atoms with Crippen LogP contribution >= 0.6 is 0 Å². The minimum absolute atomic E-state index is 0.0471. The molecule has 1 unspecified atom stereocenters. The predicted octanol–water partition coefficient (Wildman–Crippen LogP) is 1.78. The summed E-state index contributed by atoms with van der Waals surface area (Å²) in [5, 5.41) is 15.1. The molecule has 0 aromatic rings. The van der Waals surface area contributed by atoms with E-state index in [4.69, 9.17) is 10.6 Å². The highest BCUT2D eigenvalue weighted by molar-refractivity contribution is 5.73. The summed E-state index contributed by atoms with van der Waals surface area (Å²) in [6, 6.07) is -0.584. The summed E-state index contributed by atoms with van der Waals surface area (Å²) in [6.45, 7) is 6.61. The monoisotopic (exact) mass is 214 g/mol. The quantitative estimate of drug-likeness (QED) is 0.305. The second-order valence-electron chi connectivity index (χ2n) is 4.56. The molecule has 0 amide bonds. The third-order valence-corrected chi connectivity index (χ3v) is 1.78. The summed E-state index contributed by atoms with van der Waals surface area (Å²) in [5.41, 5.74) is 7.99. The normalized spacial score (nSPS) is 13.0. The predicted molar refractivity (Wildman–Crippen MR) is 57.5 cm³/mol. The molecule has 0 bridgehead atoms. The van der Waals surface area contributed by atoms with Gasteiger partial charge in [-0.2, -0.15) is 0 Å². The van der Waals surface area contributed by atoms with Gasteiger partial charge in [-0.25, -0.2) is 0 Å². The van der Waals surface area contributed by atoms with Crippen molar-refractivity contribution in [1.82, 2.24) is 5.32 Å². The molecule has 1 atom stereocenters. The zero-order chi connectivity index (χ0) is 11.9. The van der Waals surface area contributed by atoms with E-state index in [0.717, 1.165) is 0 Å². The fourth-order valence-electron chi connectivity index (χ4n) is 1.19. The van der Waals surface area contributed by atoms with Gasteiger partial charge in [-0.3, -0.25) is 4.79 Å². The van der Waals surface area contributed by atoms with Crippen LogP contribution in [-0.4, -0.2) is 30.2 Å². The van der Waals surface area contributed by atoms with Crippen LogP contribution in [0.1, 0.15) is 27.2 Å². The molecule has 15 heavy (non-hydrogen) atoms. The van der Waals surface area contributed by atoms with E-state index in [-0.39, 0.29) is 12.0 Å². The Kier molecular flexibility index (Phi) is 5.74. The van der Waals surface area contributed by atoms with Crippen molar-refractivity contribution in [3.05, 3.63) is 10.4 Å². The number of carbonyl (C=O) groups is 1. The molecule has 2 N–H and O–H groups in total. The molecule has 0 spiro atoms. The van der Waals surface area contributed by atoms with E-state index in [2.05, 4.69) is 15.3 Å². The molecular weight excluding hydrogens is 196 g/mol. The first-order valence-corrected chi connectivity index (χ1v) is 4.84. The zero-order valence-electron chi connectivity index (χ0n) is 9.40. The minimum atomic E-state index is -0.870. The lowest BCUT2D eigenvalue weighted by atomic mass is 9.88. The van der Waals surface area contributed by atoms with Gasteiger partial charge in [-0.15, -0.1) is 0 Å². The third kappa shape index (κ3) is 7.78. The molecule has 6 heteroatoms. The van der Waals surface area contributed by atoms with E-state index in [1.165, 1.54) is 0 Å². The maximum absolute atomic E-state index is 10.9. The van der Waals surface area contributed by atoms with Crippen LogP contribution in [0.4, 0.5) is 0 Å². The fourth-order valence-corrected chi connectivity index (χ4v) is 1.19. The van der Waals surface area contributed by atoms with Gasteiger partial charge in [0.25, 0.3) is 0 Å². The van der Waals surface area contributed by atoms with Gasteiger partial charge >= 0.3 is 5.97 Å². The molecule has 0 aliphatic rings. The molecule has 0 aliphatic carbocycles. The van der Waals surface area contributed by atoms with Crippen LogP contribution in [-0.2, 0) is 4.79 Å². The fraction of sp³-hybridized carbons (Fsp3) is 0.889. The highest BCUT2D eigenvalue weighted by Crippen LogP contribution is 2.20. The topological polar surface area (TPSA) is 98.1 Å². The van der Waals surface area contributed by atoms with Gasteiger partial charge in [0.05, 0.1) is 0 Å². The first-order valence-electron chi connectivity index (χ1n) is 4.84. The largest absolute Gasteiger partial charge is 0.480 e. The summed E-state index contributed by atoms with van der Waals surface area (Å²) in [5.74, 6) is -0.870. The van der Waals surface area contributed by atoms with Crippen molar-refractivity contribution in [2.75, 3.05) is 13.1 Å². The maximum Gasteiger partial charge on any atom is 0.320 e. The van der Waals surface area contributed by atoms with Gasteiger partial charge in [0.1, 0.15) is 6.04 Å². The second kappa shape index (κ2) is 6.27. The SMILES string of the molecule is CC(C)(C)CC(NCCN=[N+]=[N-])C(=O)O. The molecule has 0 fully saturated rings. The lowest BCUT2D eigenvalue weighted by Gasteiger charge is -2.23. The summed E-state index contributed by atoms with van der Waals surface area (Å²) in [4.78, 5) is 13.5. The van der Waals surface area contributed by atoms with Crippen LogP contribution in [0, 0.1) is 5.41 Å². The van der Waals surface area contributed by atoms with E-state index in [9.17, 15) is 4.79 Å². The number of nitrogens with one attached hydrogen (secondary N) is 1. The smallest absolute Gasteiger partial charge is 0.320 e. The van der Waals surface area contributed by atoms with Crippen molar-refractivity contribution in [2.24, 2.45) is 10.5 Å². The van der Waals surface area contributed by atoms with E-state index >= 15 is 0 Å². The van der Waals surface area contributed by atoms with Gasteiger partial charge < -0.3 is 10.4 Å². The minimum Gasteiger partial charge on any atom is -0.480 e. The van der Waals surface area contributed by atoms with Crippen molar-refractivity contribution in [3.8, 4) is 0 Å². The Balaban J connectivity index is 4.06. The molecule has 0 radical (unpaired) electrons. The number of rotatable bonds is 6. The van der Waals surface area contributed by atoms with E-state index in [1.807, 2.05) is 20.8 Å². The number of aliphatic carboxylic acids is 1. The van der Waals surface area contributed by atoms with Crippen molar-refractivity contribution in [3.63, 3.8) is 0 Å². The standard InChI is InChI=1S/C9H18N4O2/c1-9(2,3)6-7(8(14)15)11-4-5-12-13-10/h7,11H,4-6H2,1-3H3,(H,14,15). The first kappa shape index (κ1) is 13.7. The van der Waals surface area contributed by atoms with Crippen LogP contribution in [0.15, 0.2) is 5.11 Å². The van der Waals surface area contributed by atoms with Crippen molar-refractivity contribution in [2.45, 2.75) is 33.2 Å². The Hall–Kier alpha value is -1.26. The average molecular weight is 214 g/mol. The molecule has 0 aromatic carbocycles. The number of hydrogen-bond donors (Lipinski definition) is 2. The molecule has 0 saturated heterocycles. The summed E-state index contributed by atoms with van der Waals surface area (Å²) < 4.78 is 0. The number of nitrogens with zero attached hydrogens (tertiary/aromatic N) is 3. The van der Waals surface area contributed by atoms with E-state index in [0.29, 0.717) is 13.0 Å². The highest BCUT2D eigenvalue weighted by Gasteiger charge is 2.23. The number of carboxylic acids is 1. The summed E-state index contributed by atoms with van der Waals surface area (Å²) in [6.07, 6.45) is 0.540. The van der Waals surface area contributed by atoms with Crippen LogP contribution in [0.3, 0.4) is 0 Å². The van der Waals surface area contributed by atoms with Gasteiger partial charge in [0, 0.05) is 18.0 Å². The highest BCUT2D eigenvalue weighted by atomic mass is 16.4. The molecule has 6 nitrogen and oxygen atoms in total. The first-order chi connectivity index (χ1) is 6.87. The molecule has 0 saturated carbocycles. The van der Waals surface area contributed by atoms with Gasteiger partial charge in [0.2, 0.25) is 0 Å². The van der Waals surface area contributed by atoms with Crippen LogP contribution in [0.2, 0.25) is 0 Å². The Morgan fingerprint density at radius 3 is 2.60 bits per heavy atom. The second-order valence-corrected chi connectivity index (χ2v) is 4.56. The Bertz CT molecular complexity index is 253. The molecule has 86 valence electrons. The molecule has 0 aliphatic heterocycles. The Labute approximate surface area is 89.3 Å². The van der Waals surface area contributed by atoms with E-state index < -0.39 is 12.0 Å². The molecule has 0 heterocycles. The third-order valence-electron chi connectivity index (χ3n) is 1.78. The molecule has 0 aromatic heterocycles. The van der Waals surface area contributed by atoms with Crippen LogP contribution in [0.5, 0.6) is 0 Å². The van der Waals surface area contributed by atoms with Gasteiger partial charge in [-0.1, -0.05) is 25.9 Å². The van der Waals surface area contributed by atoms with E-state index in [1.54, 1.807) is 0 Å². The lowest BCUT2D eigenvalue weighted by Crippen LogP contribution is -2.40. The lowest BCUT2D eigenvalue weighted by molar-refractivity contribution is -0.140. The number of hydrogen-bond acceptors (Lipinski definition) is 3. The van der Waals surface area contributed by atoms with Crippen LogP contribution in [0.25, 0.3) is 10.4 Å². The number of azide groups is 1. The number of carboxylic acid groups (broad SMARTS) is 1. The maximum atomic E-state index is 10.9. The van der Waals surface area contributed by atoms with Crippen molar-refractivity contribution < 1.29 is 9.90 Å². The zero-order valence-corrected chi connectivity index (χ0v) is 9.40. The summed E-state index contributed by atoms with van der Waals surface area (Å²) >= 11 is 0. The molecular formula is C9H18N4O2. The molecule has 0 rings (SSSR count). The van der Waals surface area contributed by atoms with Gasteiger partial charge in [0.15, 0.2) is 0 Å². The van der Waals surface area contributed by atoms with Crippen molar-refractivity contribution >= 4 is 5.97 Å². The van der Waals surface area contributed by atoms with Gasteiger partial charge in [-0.05, 0) is 17.4 Å². The van der Waals surface area contributed by atoms with Crippen molar-refractivity contribution in [1.29, 1.82) is 0 Å². The Morgan fingerprint density at radius 1 is 1.60 bits per heavy atom.